The Hall–Kier alpha value is -0.0800. The zero-order valence-corrected chi connectivity index (χ0v) is 18.1. The first-order valence-corrected chi connectivity index (χ1v) is 9.57. The standard InChI is InChI=1S/C18H36N4O.HI/c1-4-19-18(20-10-6-5-8-15(2)3)21-12-17-13-22-11-7-9-16(22)14-23-17;/h15-17H,4-14H2,1-3H3,(H2,19,20,21);1H. The van der Waals surface area contributed by atoms with Crippen molar-refractivity contribution in [1.29, 1.82) is 0 Å². The summed E-state index contributed by atoms with van der Waals surface area (Å²) in [6.45, 7) is 12.5. The van der Waals surface area contributed by atoms with Gasteiger partial charge >= 0.3 is 0 Å². The lowest BCUT2D eigenvalue weighted by Gasteiger charge is -2.34. The molecule has 2 aliphatic heterocycles. The van der Waals surface area contributed by atoms with E-state index in [4.69, 9.17) is 9.73 Å². The van der Waals surface area contributed by atoms with E-state index >= 15 is 0 Å². The highest BCUT2D eigenvalue weighted by Crippen LogP contribution is 2.22. The smallest absolute Gasteiger partial charge is 0.191 e. The molecule has 0 amide bonds. The molecule has 0 saturated carbocycles. The Balaban J connectivity index is 0.00000288. The number of nitrogens with zero attached hydrogens (tertiary/aromatic N) is 2. The summed E-state index contributed by atoms with van der Waals surface area (Å²) < 4.78 is 5.99. The summed E-state index contributed by atoms with van der Waals surface area (Å²) in [6.07, 6.45) is 6.67. The van der Waals surface area contributed by atoms with Gasteiger partial charge in [0.2, 0.25) is 0 Å². The van der Waals surface area contributed by atoms with Gasteiger partial charge in [-0.2, -0.15) is 0 Å². The SMILES string of the molecule is CCNC(=NCC1CN2CCCC2CO1)NCCCCC(C)C.I. The first kappa shape index (κ1) is 22.0. The molecule has 2 heterocycles. The Morgan fingerprint density at radius 2 is 2.12 bits per heavy atom. The van der Waals surface area contributed by atoms with E-state index in [1.54, 1.807) is 0 Å². The summed E-state index contributed by atoms with van der Waals surface area (Å²) in [5, 5.41) is 6.79. The fourth-order valence-electron chi connectivity index (χ4n) is 3.42. The van der Waals surface area contributed by atoms with Gasteiger partial charge in [-0.25, -0.2) is 0 Å². The van der Waals surface area contributed by atoms with Gasteiger partial charge in [-0.15, -0.1) is 24.0 Å². The van der Waals surface area contributed by atoms with Crippen LogP contribution >= 0.6 is 24.0 Å². The second-order valence-electron chi connectivity index (χ2n) is 7.28. The van der Waals surface area contributed by atoms with E-state index in [9.17, 15) is 0 Å². The molecule has 0 radical (unpaired) electrons. The number of rotatable bonds is 8. The molecule has 2 aliphatic rings. The number of hydrogen-bond donors (Lipinski definition) is 2. The van der Waals surface area contributed by atoms with Gasteiger partial charge in [-0.3, -0.25) is 9.89 Å². The third-order valence-electron chi connectivity index (χ3n) is 4.76. The second-order valence-corrected chi connectivity index (χ2v) is 7.28. The van der Waals surface area contributed by atoms with Crippen LogP contribution in [-0.2, 0) is 4.74 Å². The molecule has 0 aromatic carbocycles. The van der Waals surface area contributed by atoms with Crippen molar-refractivity contribution in [3.05, 3.63) is 0 Å². The third-order valence-corrected chi connectivity index (χ3v) is 4.76. The van der Waals surface area contributed by atoms with Crippen LogP contribution in [0, 0.1) is 5.92 Å². The number of aliphatic imine (C=N–C) groups is 1. The molecule has 2 saturated heterocycles. The summed E-state index contributed by atoms with van der Waals surface area (Å²) >= 11 is 0. The van der Waals surface area contributed by atoms with Crippen LogP contribution in [0.4, 0.5) is 0 Å². The summed E-state index contributed by atoms with van der Waals surface area (Å²) in [4.78, 5) is 7.31. The lowest BCUT2D eigenvalue weighted by Crippen LogP contribution is -2.47. The predicted octanol–water partition coefficient (Wildman–Crippen LogP) is 2.85. The first-order valence-electron chi connectivity index (χ1n) is 9.57. The number of halogens is 1. The molecule has 0 aliphatic carbocycles. The van der Waals surface area contributed by atoms with E-state index in [2.05, 4.69) is 36.3 Å². The second kappa shape index (κ2) is 12.3. The van der Waals surface area contributed by atoms with Gasteiger partial charge in [0.1, 0.15) is 0 Å². The maximum atomic E-state index is 5.99. The van der Waals surface area contributed by atoms with Gasteiger partial charge < -0.3 is 15.4 Å². The van der Waals surface area contributed by atoms with Gasteiger partial charge in [-0.05, 0) is 38.6 Å². The Bertz CT molecular complexity index is 365. The van der Waals surface area contributed by atoms with E-state index < -0.39 is 0 Å². The normalized spacial score (nSPS) is 24.6. The van der Waals surface area contributed by atoms with Crippen molar-refractivity contribution in [2.24, 2.45) is 10.9 Å². The van der Waals surface area contributed by atoms with Crippen molar-refractivity contribution in [2.45, 2.75) is 65.0 Å². The molecule has 0 spiro atoms. The van der Waals surface area contributed by atoms with Crippen LogP contribution in [0.15, 0.2) is 4.99 Å². The van der Waals surface area contributed by atoms with Gasteiger partial charge in [0.15, 0.2) is 5.96 Å². The Morgan fingerprint density at radius 3 is 2.88 bits per heavy atom. The average molecular weight is 452 g/mol. The highest BCUT2D eigenvalue weighted by molar-refractivity contribution is 14.0. The maximum absolute atomic E-state index is 5.99. The Kier molecular flexibility index (Phi) is 11.3. The van der Waals surface area contributed by atoms with Crippen molar-refractivity contribution in [3.63, 3.8) is 0 Å². The van der Waals surface area contributed by atoms with Gasteiger partial charge in [0, 0.05) is 25.7 Å². The molecule has 0 bridgehead atoms. The highest BCUT2D eigenvalue weighted by atomic mass is 127. The molecule has 142 valence electrons. The van der Waals surface area contributed by atoms with Gasteiger partial charge in [0.25, 0.3) is 0 Å². The molecule has 24 heavy (non-hydrogen) atoms. The fourth-order valence-corrected chi connectivity index (χ4v) is 3.42. The molecular weight excluding hydrogens is 415 g/mol. The monoisotopic (exact) mass is 452 g/mol. The van der Waals surface area contributed by atoms with Crippen molar-refractivity contribution < 1.29 is 4.74 Å². The molecule has 0 aromatic heterocycles. The third kappa shape index (κ3) is 7.87. The first-order chi connectivity index (χ1) is 11.2. The number of unbranched alkanes of at least 4 members (excludes halogenated alkanes) is 1. The van der Waals surface area contributed by atoms with E-state index in [1.165, 1.54) is 38.6 Å². The van der Waals surface area contributed by atoms with Crippen LogP contribution in [0.25, 0.3) is 0 Å². The minimum Gasteiger partial charge on any atom is -0.373 e. The van der Waals surface area contributed by atoms with Crippen LogP contribution in [0.2, 0.25) is 0 Å². The Morgan fingerprint density at radius 1 is 1.29 bits per heavy atom. The number of ether oxygens (including phenoxy) is 1. The topological polar surface area (TPSA) is 48.9 Å². The van der Waals surface area contributed by atoms with Crippen LogP contribution < -0.4 is 10.6 Å². The van der Waals surface area contributed by atoms with Crippen molar-refractivity contribution in [1.82, 2.24) is 15.5 Å². The van der Waals surface area contributed by atoms with E-state index in [1.807, 2.05) is 0 Å². The van der Waals surface area contributed by atoms with E-state index in [-0.39, 0.29) is 30.1 Å². The Labute approximate surface area is 165 Å². The number of hydrogen-bond acceptors (Lipinski definition) is 3. The lowest BCUT2D eigenvalue weighted by atomic mass is 10.1. The summed E-state index contributed by atoms with van der Waals surface area (Å²) in [6, 6.07) is 0.669. The van der Waals surface area contributed by atoms with Crippen molar-refractivity contribution in [3.8, 4) is 0 Å². The number of morpholine rings is 1. The van der Waals surface area contributed by atoms with E-state index in [0.717, 1.165) is 44.7 Å². The molecule has 2 atom stereocenters. The largest absolute Gasteiger partial charge is 0.373 e. The molecule has 5 nitrogen and oxygen atoms in total. The van der Waals surface area contributed by atoms with Crippen LogP contribution in [0.1, 0.15) is 52.9 Å². The van der Waals surface area contributed by atoms with Crippen LogP contribution in [0.3, 0.4) is 0 Å². The zero-order valence-electron chi connectivity index (χ0n) is 15.7. The quantitative estimate of drug-likeness (QED) is 0.258. The summed E-state index contributed by atoms with van der Waals surface area (Å²) in [7, 11) is 0. The summed E-state index contributed by atoms with van der Waals surface area (Å²) in [5.74, 6) is 1.74. The lowest BCUT2D eigenvalue weighted by molar-refractivity contribution is -0.0432. The molecular formula is C18H37IN4O. The minimum atomic E-state index is 0. The number of nitrogens with one attached hydrogen (secondary N) is 2. The predicted molar refractivity (Wildman–Crippen MR) is 112 cm³/mol. The molecule has 2 rings (SSSR count). The van der Waals surface area contributed by atoms with Crippen molar-refractivity contribution in [2.75, 3.05) is 39.3 Å². The van der Waals surface area contributed by atoms with Crippen molar-refractivity contribution >= 4 is 29.9 Å². The molecule has 2 unspecified atom stereocenters. The molecule has 0 aromatic rings. The minimum absolute atomic E-state index is 0. The van der Waals surface area contributed by atoms with Crippen LogP contribution in [-0.4, -0.2) is 62.3 Å². The highest BCUT2D eigenvalue weighted by Gasteiger charge is 2.31. The number of guanidine groups is 1. The molecule has 2 fully saturated rings. The number of fused-ring (bicyclic) bond motifs is 1. The van der Waals surface area contributed by atoms with Gasteiger partial charge in [0.05, 0.1) is 19.3 Å². The van der Waals surface area contributed by atoms with E-state index in [0.29, 0.717) is 6.04 Å². The summed E-state index contributed by atoms with van der Waals surface area (Å²) in [5.41, 5.74) is 0. The van der Waals surface area contributed by atoms with Gasteiger partial charge in [-0.1, -0.05) is 26.7 Å². The molecule has 2 N–H and O–H groups in total. The molecule has 6 heteroatoms. The fraction of sp³-hybridized carbons (Fsp3) is 0.944. The maximum Gasteiger partial charge on any atom is 0.191 e. The van der Waals surface area contributed by atoms with Crippen LogP contribution in [0.5, 0.6) is 0 Å². The average Bonchev–Trinajstić information content (AvgIpc) is 2.99. The zero-order chi connectivity index (χ0) is 16.5.